The molecule has 0 aromatic heterocycles. The normalized spacial score (nSPS) is 27.1. The van der Waals surface area contributed by atoms with Gasteiger partial charge < -0.3 is 20.1 Å². The molecule has 0 radical (unpaired) electrons. The van der Waals surface area contributed by atoms with E-state index in [0.717, 1.165) is 0 Å². The minimum Gasteiger partial charge on any atom is -0.434 e. The van der Waals surface area contributed by atoms with E-state index in [1.807, 2.05) is 12.2 Å². The van der Waals surface area contributed by atoms with Crippen molar-refractivity contribution >= 4 is 17.8 Å². The van der Waals surface area contributed by atoms with Crippen LogP contribution in [0.5, 0.6) is 0 Å². The predicted molar refractivity (Wildman–Crippen MR) is 63.6 cm³/mol. The summed E-state index contributed by atoms with van der Waals surface area (Å²) in [6.07, 6.45) is 3.45. The SMILES string of the molecule is O=C(CN1CC=CCCC1=O)NC1CC(=O)OC1O. The fourth-order valence-electron chi connectivity index (χ4n) is 2.03. The second-order valence-corrected chi connectivity index (χ2v) is 4.54. The molecule has 1 saturated heterocycles. The first-order valence-corrected chi connectivity index (χ1v) is 6.16. The van der Waals surface area contributed by atoms with Crippen molar-refractivity contribution in [2.75, 3.05) is 13.1 Å². The number of esters is 1. The fourth-order valence-corrected chi connectivity index (χ4v) is 2.03. The van der Waals surface area contributed by atoms with Crippen LogP contribution in [0.1, 0.15) is 19.3 Å². The van der Waals surface area contributed by atoms with Crippen LogP contribution in [0, 0.1) is 0 Å². The van der Waals surface area contributed by atoms with Crippen LogP contribution >= 0.6 is 0 Å². The quantitative estimate of drug-likeness (QED) is 0.501. The summed E-state index contributed by atoms with van der Waals surface area (Å²) in [5.74, 6) is -1.04. The van der Waals surface area contributed by atoms with E-state index in [9.17, 15) is 19.5 Å². The number of rotatable bonds is 3. The standard InChI is InChI=1S/C12H16N2O5/c15-9(13-8-6-11(17)19-12(8)18)7-14-5-3-1-2-4-10(14)16/h1,3,8,12,18H,2,4-7H2,(H,13,15). The molecule has 2 aliphatic rings. The zero-order valence-electron chi connectivity index (χ0n) is 10.4. The molecule has 2 unspecified atom stereocenters. The third-order valence-electron chi connectivity index (χ3n) is 3.03. The molecule has 2 heterocycles. The van der Waals surface area contributed by atoms with Crippen LogP contribution in [0.25, 0.3) is 0 Å². The molecule has 1 fully saturated rings. The van der Waals surface area contributed by atoms with Crippen molar-refractivity contribution in [1.82, 2.24) is 10.2 Å². The van der Waals surface area contributed by atoms with Crippen LogP contribution in [0.15, 0.2) is 12.2 Å². The largest absolute Gasteiger partial charge is 0.434 e. The van der Waals surface area contributed by atoms with Crippen LogP contribution in [-0.2, 0) is 19.1 Å². The molecule has 7 heteroatoms. The Morgan fingerprint density at radius 2 is 2.26 bits per heavy atom. The second-order valence-electron chi connectivity index (χ2n) is 4.54. The summed E-state index contributed by atoms with van der Waals surface area (Å²) in [6, 6.07) is -0.738. The number of allylic oxidation sites excluding steroid dienone is 1. The Labute approximate surface area is 110 Å². The van der Waals surface area contributed by atoms with Gasteiger partial charge in [-0.25, -0.2) is 0 Å². The average molecular weight is 268 g/mol. The molecule has 0 bridgehead atoms. The maximum absolute atomic E-state index is 11.8. The fraction of sp³-hybridized carbons (Fsp3) is 0.583. The summed E-state index contributed by atoms with van der Waals surface area (Å²) < 4.78 is 4.52. The molecule has 104 valence electrons. The van der Waals surface area contributed by atoms with Gasteiger partial charge in [-0.3, -0.25) is 14.4 Å². The summed E-state index contributed by atoms with van der Waals surface area (Å²) in [7, 11) is 0. The third kappa shape index (κ3) is 3.54. The van der Waals surface area contributed by atoms with Gasteiger partial charge in [0.05, 0.1) is 13.0 Å². The van der Waals surface area contributed by atoms with E-state index in [4.69, 9.17) is 0 Å². The van der Waals surface area contributed by atoms with Gasteiger partial charge in [0.1, 0.15) is 6.04 Å². The van der Waals surface area contributed by atoms with E-state index < -0.39 is 24.2 Å². The maximum atomic E-state index is 11.8. The Morgan fingerprint density at radius 1 is 1.47 bits per heavy atom. The lowest BCUT2D eigenvalue weighted by atomic mass is 10.2. The van der Waals surface area contributed by atoms with Gasteiger partial charge in [0.15, 0.2) is 0 Å². The molecule has 0 aliphatic carbocycles. The van der Waals surface area contributed by atoms with Gasteiger partial charge in [0, 0.05) is 13.0 Å². The van der Waals surface area contributed by atoms with E-state index in [0.29, 0.717) is 19.4 Å². The maximum Gasteiger partial charge on any atom is 0.310 e. The number of aliphatic hydroxyl groups is 1. The first kappa shape index (κ1) is 13.5. The monoisotopic (exact) mass is 268 g/mol. The molecule has 19 heavy (non-hydrogen) atoms. The molecule has 7 nitrogen and oxygen atoms in total. The number of ether oxygens (including phenoxy) is 1. The first-order valence-electron chi connectivity index (χ1n) is 6.16. The predicted octanol–water partition coefficient (Wildman–Crippen LogP) is -1.08. The van der Waals surface area contributed by atoms with E-state index in [-0.39, 0.29) is 18.9 Å². The molecule has 0 saturated carbocycles. The van der Waals surface area contributed by atoms with E-state index in [2.05, 4.69) is 10.1 Å². The highest BCUT2D eigenvalue weighted by molar-refractivity contribution is 5.86. The lowest BCUT2D eigenvalue weighted by molar-refractivity contribution is -0.155. The van der Waals surface area contributed by atoms with E-state index >= 15 is 0 Å². The molecule has 2 N–H and O–H groups in total. The molecular weight excluding hydrogens is 252 g/mol. The van der Waals surface area contributed by atoms with Gasteiger partial charge in [0.25, 0.3) is 0 Å². The van der Waals surface area contributed by atoms with Gasteiger partial charge in [-0.05, 0) is 6.42 Å². The lowest BCUT2D eigenvalue weighted by Gasteiger charge is -2.21. The van der Waals surface area contributed by atoms with Crippen LogP contribution in [-0.4, -0.2) is 53.2 Å². The Balaban J connectivity index is 1.85. The smallest absolute Gasteiger partial charge is 0.310 e. The number of carbonyl (C=O) groups is 3. The Kier molecular flexibility index (Phi) is 4.16. The molecule has 2 rings (SSSR count). The zero-order valence-corrected chi connectivity index (χ0v) is 10.4. The highest BCUT2D eigenvalue weighted by atomic mass is 16.6. The van der Waals surface area contributed by atoms with Crippen molar-refractivity contribution < 1.29 is 24.2 Å². The first-order chi connectivity index (χ1) is 9.06. The van der Waals surface area contributed by atoms with Crippen LogP contribution < -0.4 is 5.32 Å². The lowest BCUT2D eigenvalue weighted by Crippen LogP contribution is -2.46. The number of carbonyl (C=O) groups excluding carboxylic acids is 3. The van der Waals surface area contributed by atoms with Crippen molar-refractivity contribution in [3.05, 3.63) is 12.2 Å². The number of cyclic esters (lactones) is 1. The third-order valence-corrected chi connectivity index (χ3v) is 3.03. The molecule has 2 amide bonds. The highest BCUT2D eigenvalue weighted by Crippen LogP contribution is 2.12. The van der Waals surface area contributed by atoms with E-state index in [1.54, 1.807) is 0 Å². The molecule has 0 aromatic rings. The van der Waals surface area contributed by atoms with Crippen LogP contribution in [0.2, 0.25) is 0 Å². The minimum absolute atomic E-state index is 0.0548. The van der Waals surface area contributed by atoms with Gasteiger partial charge in [-0.2, -0.15) is 0 Å². The number of hydrogen-bond acceptors (Lipinski definition) is 5. The van der Waals surface area contributed by atoms with E-state index in [1.165, 1.54) is 4.90 Å². The number of nitrogens with one attached hydrogen (secondary N) is 1. The molecule has 0 aromatic carbocycles. The van der Waals surface area contributed by atoms with Crippen molar-refractivity contribution in [2.24, 2.45) is 0 Å². The number of amides is 2. The zero-order chi connectivity index (χ0) is 13.8. The van der Waals surface area contributed by atoms with Crippen molar-refractivity contribution in [3.63, 3.8) is 0 Å². The summed E-state index contributed by atoms with van der Waals surface area (Å²) in [5, 5.41) is 11.9. The summed E-state index contributed by atoms with van der Waals surface area (Å²) in [5.41, 5.74) is 0. The van der Waals surface area contributed by atoms with Crippen LogP contribution in [0.4, 0.5) is 0 Å². The Morgan fingerprint density at radius 3 is 2.95 bits per heavy atom. The topological polar surface area (TPSA) is 95.9 Å². The van der Waals surface area contributed by atoms with Crippen molar-refractivity contribution in [3.8, 4) is 0 Å². The van der Waals surface area contributed by atoms with Crippen molar-refractivity contribution in [1.29, 1.82) is 0 Å². The molecule has 2 aliphatic heterocycles. The highest BCUT2D eigenvalue weighted by Gasteiger charge is 2.34. The average Bonchev–Trinajstić information content (AvgIpc) is 2.53. The Bertz CT molecular complexity index is 420. The molecular formula is C12H16N2O5. The number of aliphatic hydroxyl groups excluding tert-OH is 1. The van der Waals surface area contributed by atoms with Gasteiger partial charge >= 0.3 is 5.97 Å². The van der Waals surface area contributed by atoms with Crippen LogP contribution in [0.3, 0.4) is 0 Å². The van der Waals surface area contributed by atoms with Crippen molar-refractivity contribution in [2.45, 2.75) is 31.6 Å². The minimum atomic E-state index is -1.31. The number of hydrogen-bond donors (Lipinski definition) is 2. The second kappa shape index (κ2) is 5.83. The molecule has 2 atom stereocenters. The summed E-state index contributed by atoms with van der Waals surface area (Å²) >= 11 is 0. The Hall–Kier alpha value is -1.89. The number of nitrogens with zero attached hydrogens (tertiary/aromatic N) is 1. The summed E-state index contributed by atoms with van der Waals surface area (Å²) in [6.45, 7) is 0.315. The summed E-state index contributed by atoms with van der Waals surface area (Å²) in [4.78, 5) is 35.8. The van der Waals surface area contributed by atoms with Gasteiger partial charge in [0.2, 0.25) is 18.1 Å². The van der Waals surface area contributed by atoms with Gasteiger partial charge in [-0.15, -0.1) is 0 Å². The molecule has 0 spiro atoms. The van der Waals surface area contributed by atoms with Gasteiger partial charge in [-0.1, -0.05) is 12.2 Å².